The third-order valence-corrected chi connectivity index (χ3v) is 4.44. The summed E-state index contributed by atoms with van der Waals surface area (Å²) >= 11 is 0. The molecule has 3 aromatic rings. The number of benzene rings is 2. The second kappa shape index (κ2) is 8.41. The highest BCUT2D eigenvalue weighted by Crippen LogP contribution is 2.26. The number of aryl methyl sites for hydroxylation is 1. The van der Waals surface area contributed by atoms with Gasteiger partial charge in [-0.25, -0.2) is 0 Å². The third-order valence-electron chi connectivity index (χ3n) is 4.44. The fourth-order valence-electron chi connectivity index (χ4n) is 2.95. The molecule has 0 saturated heterocycles. The lowest BCUT2D eigenvalue weighted by atomic mass is 9.91. The highest BCUT2D eigenvalue weighted by Gasteiger charge is 2.14. The van der Waals surface area contributed by atoms with E-state index in [9.17, 15) is 10.2 Å². The summed E-state index contributed by atoms with van der Waals surface area (Å²) in [5.74, 6) is 0.188. The lowest BCUT2D eigenvalue weighted by molar-refractivity contribution is 0.280. The molecule has 0 fully saturated rings. The predicted molar refractivity (Wildman–Crippen MR) is 104 cm³/mol. The van der Waals surface area contributed by atoms with Gasteiger partial charge >= 0.3 is 0 Å². The molecule has 0 atom stereocenters. The van der Waals surface area contributed by atoms with Crippen molar-refractivity contribution < 1.29 is 10.2 Å². The summed E-state index contributed by atoms with van der Waals surface area (Å²) in [5, 5.41) is 19.7. The standard InChI is InChI=1S/C22H22N2O2/c1-16-22(26)21(19(15-25)12-24-16)14-23-13-20(17-8-4-2-5-9-17)18-10-6-3-7-11-18/h2-12,14,20,25-26H,13,15H2,1H3. The van der Waals surface area contributed by atoms with E-state index in [1.165, 1.54) is 11.1 Å². The van der Waals surface area contributed by atoms with E-state index < -0.39 is 0 Å². The predicted octanol–water partition coefficient (Wildman–Crippen LogP) is 3.84. The SMILES string of the molecule is Cc1ncc(CO)c(C=NCC(c2ccccc2)c2ccccc2)c1O. The zero-order valence-electron chi connectivity index (χ0n) is 14.7. The van der Waals surface area contributed by atoms with Crippen molar-refractivity contribution in [3.8, 4) is 5.75 Å². The first-order valence-corrected chi connectivity index (χ1v) is 8.58. The summed E-state index contributed by atoms with van der Waals surface area (Å²) in [4.78, 5) is 8.66. The van der Waals surface area contributed by atoms with E-state index in [0.29, 0.717) is 23.4 Å². The van der Waals surface area contributed by atoms with Crippen LogP contribution in [0.5, 0.6) is 5.75 Å². The summed E-state index contributed by atoms with van der Waals surface area (Å²) in [7, 11) is 0. The lowest BCUT2D eigenvalue weighted by Gasteiger charge is -2.16. The van der Waals surface area contributed by atoms with Gasteiger partial charge in [0.1, 0.15) is 5.75 Å². The van der Waals surface area contributed by atoms with E-state index in [2.05, 4.69) is 34.2 Å². The van der Waals surface area contributed by atoms with Crippen molar-refractivity contribution in [2.75, 3.05) is 6.54 Å². The van der Waals surface area contributed by atoms with Crippen molar-refractivity contribution in [3.05, 3.63) is 94.8 Å². The molecule has 2 aromatic carbocycles. The molecule has 132 valence electrons. The molecule has 0 radical (unpaired) electrons. The van der Waals surface area contributed by atoms with Gasteiger partial charge in [-0.1, -0.05) is 60.7 Å². The maximum atomic E-state index is 10.2. The van der Waals surface area contributed by atoms with Crippen molar-refractivity contribution in [2.24, 2.45) is 4.99 Å². The van der Waals surface area contributed by atoms with Crippen molar-refractivity contribution in [2.45, 2.75) is 19.4 Å². The maximum absolute atomic E-state index is 10.2. The maximum Gasteiger partial charge on any atom is 0.145 e. The lowest BCUT2D eigenvalue weighted by Crippen LogP contribution is -2.06. The Kier molecular flexibility index (Phi) is 5.77. The van der Waals surface area contributed by atoms with Gasteiger partial charge in [0.05, 0.1) is 12.3 Å². The van der Waals surface area contributed by atoms with Crippen LogP contribution in [0.25, 0.3) is 0 Å². The van der Waals surface area contributed by atoms with Crippen molar-refractivity contribution >= 4 is 6.21 Å². The number of hydrogen-bond donors (Lipinski definition) is 2. The summed E-state index contributed by atoms with van der Waals surface area (Å²) < 4.78 is 0. The molecule has 0 bridgehead atoms. The Morgan fingerprint density at radius 2 is 1.58 bits per heavy atom. The van der Waals surface area contributed by atoms with Crippen LogP contribution in [0.1, 0.15) is 33.9 Å². The van der Waals surface area contributed by atoms with Gasteiger partial charge in [-0.15, -0.1) is 0 Å². The van der Waals surface area contributed by atoms with E-state index in [4.69, 9.17) is 0 Å². The molecule has 4 heteroatoms. The first-order valence-electron chi connectivity index (χ1n) is 8.58. The molecule has 3 rings (SSSR count). The molecule has 0 saturated carbocycles. The monoisotopic (exact) mass is 346 g/mol. The molecule has 0 amide bonds. The van der Waals surface area contributed by atoms with Crippen LogP contribution in [-0.2, 0) is 6.61 Å². The zero-order valence-corrected chi connectivity index (χ0v) is 14.7. The first kappa shape index (κ1) is 17.8. The van der Waals surface area contributed by atoms with Gasteiger partial charge in [-0.3, -0.25) is 9.98 Å². The molecule has 0 unspecified atom stereocenters. The molecule has 0 aliphatic carbocycles. The normalized spacial score (nSPS) is 11.3. The molecule has 0 spiro atoms. The topological polar surface area (TPSA) is 65.7 Å². The van der Waals surface area contributed by atoms with Crippen LogP contribution in [0.2, 0.25) is 0 Å². The second-order valence-corrected chi connectivity index (χ2v) is 6.16. The molecule has 4 nitrogen and oxygen atoms in total. The molecule has 1 aromatic heterocycles. The number of aliphatic hydroxyl groups excluding tert-OH is 1. The van der Waals surface area contributed by atoms with Gasteiger partial charge in [0.15, 0.2) is 0 Å². The molecule has 0 aliphatic heterocycles. The number of pyridine rings is 1. The quantitative estimate of drug-likeness (QED) is 0.667. The summed E-state index contributed by atoms with van der Waals surface area (Å²) in [6, 6.07) is 20.5. The third kappa shape index (κ3) is 3.98. The van der Waals surface area contributed by atoms with Gasteiger partial charge < -0.3 is 10.2 Å². The van der Waals surface area contributed by atoms with Crippen LogP contribution in [-0.4, -0.2) is 28.0 Å². The Bertz CT molecular complexity index is 838. The van der Waals surface area contributed by atoms with E-state index in [-0.39, 0.29) is 18.3 Å². The Labute approximate surface area is 153 Å². The van der Waals surface area contributed by atoms with Crippen LogP contribution in [0.15, 0.2) is 71.9 Å². The van der Waals surface area contributed by atoms with Crippen LogP contribution >= 0.6 is 0 Å². The number of aliphatic hydroxyl groups is 1. The summed E-state index contributed by atoms with van der Waals surface area (Å²) in [6.45, 7) is 2.08. The van der Waals surface area contributed by atoms with Gasteiger partial charge in [0.2, 0.25) is 0 Å². The van der Waals surface area contributed by atoms with Crippen molar-refractivity contribution in [3.63, 3.8) is 0 Å². The first-order chi connectivity index (χ1) is 12.7. The highest BCUT2D eigenvalue weighted by atomic mass is 16.3. The number of rotatable bonds is 6. The molecule has 26 heavy (non-hydrogen) atoms. The van der Waals surface area contributed by atoms with Crippen molar-refractivity contribution in [1.29, 1.82) is 0 Å². The minimum Gasteiger partial charge on any atom is -0.505 e. The molecule has 0 aliphatic rings. The Morgan fingerprint density at radius 1 is 1.00 bits per heavy atom. The van der Waals surface area contributed by atoms with E-state index in [0.717, 1.165) is 0 Å². The second-order valence-electron chi connectivity index (χ2n) is 6.16. The average Bonchev–Trinajstić information content (AvgIpc) is 2.70. The zero-order chi connectivity index (χ0) is 18.4. The fraction of sp³-hybridized carbons (Fsp3) is 0.182. The van der Waals surface area contributed by atoms with Gasteiger partial charge in [0, 0.05) is 36.0 Å². The molecular weight excluding hydrogens is 324 g/mol. The average molecular weight is 346 g/mol. The number of aromatic nitrogens is 1. The van der Waals surface area contributed by atoms with Gasteiger partial charge in [-0.2, -0.15) is 0 Å². The van der Waals surface area contributed by atoms with E-state index >= 15 is 0 Å². The number of aliphatic imine (C=N–C) groups is 1. The van der Waals surface area contributed by atoms with Gasteiger partial charge in [0.25, 0.3) is 0 Å². The Morgan fingerprint density at radius 3 is 2.12 bits per heavy atom. The van der Waals surface area contributed by atoms with Crippen LogP contribution in [0.3, 0.4) is 0 Å². The number of nitrogens with zero attached hydrogens (tertiary/aromatic N) is 2. The summed E-state index contributed by atoms with van der Waals surface area (Å²) in [5.41, 5.74) is 3.99. The molecule has 2 N–H and O–H groups in total. The van der Waals surface area contributed by atoms with E-state index in [1.54, 1.807) is 19.3 Å². The van der Waals surface area contributed by atoms with Crippen molar-refractivity contribution in [1.82, 2.24) is 4.98 Å². The number of aromatic hydroxyl groups is 1. The van der Waals surface area contributed by atoms with Gasteiger partial charge in [-0.05, 0) is 18.1 Å². The van der Waals surface area contributed by atoms with Crippen LogP contribution in [0.4, 0.5) is 0 Å². The Balaban J connectivity index is 1.90. The van der Waals surface area contributed by atoms with E-state index in [1.807, 2.05) is 36.4 Å². The highest BCUT2D eigenvalue weighted by molar-refractivity contribution is 5.85. The summed E-state index contributed by atoms with van der Waals surface area (Å²) in [6.07, 6.45) is 3.21. The smallest absolute Gasteiger partial charge is 0.145 e. The van der Waals surface area contributed by atoms with Crippen LogP contribution < -0.4 is 0 Å². The minimum atomic E-state index is -0.191. The molecule has 1 heterocycles. The fourth-order valence-corrected chi connectivity index (χ4v) is 2.95. The number of hydrogen-bond acceptors (Lipinski definition) is 4. The van der Waals surface area contributed by atoms with Crippen LogP contribution in [0, 0.1) is 6.92 Å². The molecular formula is C22H22N2O2. The minimum absolute atomic E-state index is 0.0660. The largest absolute Gasteiger partial charge is 0.505 e. The Hall–Kier alpha value is -2.98.